The number of allylic oxidation sites excluding steroid dienone is 1. The van der Waals surface area contributed by atoms with E-state index >= 15 is 0 Å². The summed E-state index contributed by atoms with van der Waals surface area (Å²) in [5.74, 6) is 0.562. The second kappa shape index (κ2) is 5.26. The lowest BCUT2D eigenvalue weighted by Crippen LogP contribution is -2.59. The van der Waals surface area contributed by atoms with E-state index in [9.17, 15) is 5.11 Å². The van der Waals surface area contributed by atoms with Gasteiger partial charge >= 0.3 is 0 Å². The summed E-state index contributed by atoms with van der Waals surface area (Å²) in [7, 11) is 0. The molecule has 0 bridgehead atoms. The van der Waals surface area contributed by atoms with Gasteiger partial charge in [0.2, 0.25) is 0 Å². The van der Waals surface area contributed by atoms with E-state index in [0.717, 1.165) is 25.7 Å². The van der Waals surface area contributed by atoms with Gasteiger partial charge in [-0.15, -0.1) is 0 Å². The Bertz CT molecular complexity index is 554. The molecule has 0 saturated heterocycles. The van der Waals surface area contributed by atoms with Crippen molar-refractivity contribution in [1.29, 1.82) is 0 Å². The van der Waals surface area contributed by atoms with Crippen molar-refractivity contribution in [3.05, 3.63) is 35.8 Å². The maximum absolute atomic E-state index is 11.7. The van der Waals surface area contributed by atoms with E-state index in [1.165, 1.54) is 24.0 Å². The molecule has 2 aliphatic carbocycles. The zero-order chi connectivity index (χ0) is 16.0. The molecule has 0 aliphatic heterocycles. The van der Waals surface area contributed by atoms with Gasteiger partial charge in [-0.25, -0.2) is 0 Å². The molecule has 2 heteroatoms. The molecule has 0 radical (unpaired) electrons. The SMILES string of the molecule is CC1=CC[C@H]2C(C)(C)CCC[C@]2(C)[C@@]1(O)CCc1ccoc1. The first kappa shape index (κ1) is 15.9. The fraction of sp³-hybridized carbons (Fsp3) is 0.700. The van der Waals surface area contributed by atoms with Crippen molar-refractivity contribution in [2.45, 2.75) is 71.8 Å². The summed E-state index contributed by atoms with van der Waals surface area (Å²) >= 11 is 0. The summed E-state index contributed by atoms with van der Waals surface area (Å²) in [6, 6.07) is 2.01. The van der Waals surface area contributed by atoms with Crippen molar-refractivity contribution in [2.24, 2.45) is 16.7 Å². The Labute approximate surface area is 134 Å². The molecule has 1 aromatic heterocycles. The smallest absolute Gasteiger partial charge is 0.0934 e. The quantitative estimate of drug-likeness (QED) is 0.786. The zero-order valence-electron chi connectivity index (χ0n) is 14.5. The van der Waals surface area contributed by atoms with Gasteiger partial charge in [-0.05, 0) is 67.6 Å². The van der Waals surface area contributed by atoms with Crippen LogP contribution in [0, 0.1) is 16.7 Å². The summed E-state index contributed by atoms with van der Waals surface area (Å²) < 4.78 is 5.18. The van der Waals surface area contributed by atoms with Crippen LogP contribution in [0.3, 0.4) is 0 Å². The van der Waals surface area contributed by atoms with Crippen LogP contribution in [0.2, 0.25) is 0 Å². The standard InChI is InChI=1S/C20H30O2/c1-15-6-7-17-18(2,3)10-5-11-19(17,4)20(15,21)12-8-16-9-13-22-14-16/h6,9,13-14,17,21H,5,7-8,10-12H2,1-4H3/t17-,19-,20+/m0/s1. The van der Waals surface area contributed by atoms with Crippen LogP contribution in [0.15, 0.2) is 34.7 Å². The van der Waals surface area contributed by atoms with Gasteiger partial charge in [0.05, 0.1) is 18.1 Å². The number of aryl methyl sites for hydroxylation is 1. The monoisotopic (exact) mass is 302 g/mol. The van der Waals surface area contributed by atoms with Crippen LogP contribution in [0.25, 0.3) is 0 Å². The van der Waals surface area contributed by atoms with E-state index in [4.69, 9.17) is 4.42 Å². The summed E-state index contributed by atoms with van der Waals surface area (Å²) in [4.78, 5) is 0. The lowest BCUT2D eigenvalue weighted by atomic mass is 9.46. The molecule has 3 atom stereocenters. The van der Waals surface area contributed by atoms with Gasteiger partial charge in [0.25, 0.3) is 0 Å². The van der Waals surface area contributed by atoms with Gasteiger partial charge < -0.3 is 9.52 Å². The molecule has 2 nitrogen and oxygen atoms in total. The van der Waals surface area contributed by atoms with E-state index in [1.807, 2.05) is 6.07 Å². The minimum atomic E-state index is -0.690. The van der Waals surface area contributed by atoms with E-state index in [-0.39, 0.29) is 5.41 Å². The number of rotatable bonds is 3. The minimum absolute atomic E-state index is 0.0165. The molecule has 2 aliphatic rings. The second-order valence-corrected chi connectivity index (χ2v) is 8.43. The third-order valence-electron chi connectivity index (χ3n) is 6.84. The highest BCUT2D eigenvalue weighted by atomic mass is 16.3. The molecular formula is C20H30O2. The molecule has 1 fully saturated rings. The van der Waals surface area contributed by atoms with Gasteiger partial charge in [-0.2, -0.15) is 0 Å². The Hall–Kier alpha value is -1.02. The third kappa shape index (κ3) is 2.27. The molecular weight excluding hydrogens is 272 g/mol. The summed E-state index contributed by atoms with van der Waals surface area (Å²) in [5, 5.41) is 11.7. The molecule has 0 spiro atoms. The Morgan fingerprint density at radius 2 is 2.05 bits per heavy atom. The highest BCUT2D eigenvalue weighted by Gasteiger charge is 2.58. The molecule has 22 heavy (non-hydrogen) atoms. The molecule has 0 unspecified atom stereocenters. The second-order valence-electron chi connectivity index (χ2n) is 8.43. The Balaban J connectivity index is 1.93. The fourth-order valence-electron chi connectivity index (χ4n) is 5.35. The molecule has 122 valence electrons. The Morgan fingerprint density at radius 1 is 1.27 bits per heavy atom. The van der Waals surface area contributed by atoms with Crippen LogP contribution >= 0.6 is 0 Å². The minimum Gasteiger partial charge on any atom is -0.472 e. The van der Waals surface area contributed by atoms with Crippen molar-refractivity contribution in [3.63, 3.8) is 0 Å². The summed E-state index contributed by atoms with van der Waals surface area (Å²) in [6.07, 6.45) is 12.2. The van der Waals surface area contributed by atoms with Crippen LogP contribution in [-0.4, -0.2) is 10.7 Å². The molecule has 1 aromatic rings. The van der Waals surface area contributed by atoms with E-state index < -0.39 is 5.60 Å². The summed E-state index contributed by atoms with van der Waals surface area (Å²) in [6.45, 7) is 9.24. The van der Waals surface area contributed by atoms with Crippen molar-refractivity contribution in [2.75, 3.05) is 0 Å². The first-order valence-electron chi connectivity index (χ1n) is 8.70. The number of hydrogen-bond acceptors (Lipinski definition) is 2. The number of furan rings is 1. The Morgan fingerprint density at radius 3 is 2.73 bits per heavy atom. The van der Waals surface area contributed by atoms with Crippen molar-refractivity contribution in [1.82, 2.24) is 0 Å². The average molecular weight is 302 g/mol. The lowest BCUT2D eigenvalue weighted by molar-refractivity contribution is -0.145. The van der Waals surface area contributed by atoms with Gasteiger partial charge in [0.15, 0.2) is 0 Å². The third-order valence-corrected chi connectivity index (χ3v) is 6.84. The van der Waals surface area contributed by atoms with Gasteiger partial charge in [-0.3, -0.25) is 0 Å². The van der Waals surface area contributed by atoms with Crippen molar-refractivity contribution in [3.8, 4) is 0 Å². The highest BCUT2D eigenvalue weighted by Crippen LogP contribution is 2.62. The number of fused-ring (bicyclic) bond motifs is 1. The van der Waals surface area contributed by atoms with E-state index in [2.05, 4.69) is 33.8 Å². The lowest BCUT2D eigenvalue weighted by Gasteiger charge is -2.60. The average Bonchev–Trinajstić information content (AvgIpc) is 2.95. The molecule has 3 rings (SSSR count). The van der Waals surface area contributed by atoms with Crippen LogP contribution in [0.1, 0.15) is 65.4 Å². The van der Waals surface area contributed by atoms with Gasteiger partial charge in [0.1, 0.15) is 0 Å². The van der Waals surface area contributed by atoms with E-state index in [0.29, 0.717) is 11.3 Å². The molecule has 1 heterocycles. The largest absolute Gasteiger partial charge is 0.472 e. The zero-order valence-corrected chi connectivity index (χ0v) is 14.5. The number of hydrogen-bond donors (Lipinski definition) is 1. The van der Waals surface area contributed by atoms with Crippen LogP contribution in [0.4, 0.5) is 0 Å². The number of aliphatic hydroxyl groups is 1. The van der Waals surface area contributed by atoms with Crippen molar-refractivity contribution >= 4 is 0 Å². The van der Waals surface area contributed by atoms with E-state index in [1.54, 1.807) is 12.5 Å². The molecule has 0 aromatic carbocycles. The maximum Gasteiger partial charge on any atom is 0.0934 e. The highest BCUT2D eigenvalue weighted by molar-refractivity contribution is 5.28. The maximum atomic E-state index is 11.7. The van der Waals surface area contributed by atoms with Crippen LogP contribution < -0.4 is 0 Å². The topological polar surface area (TPSA) is 33.4 Å². The van der Waals surface area contributed by atoms with Crippen LogP contribution in [0.5, 0.6) is 0 Å². The molecule has 0 amide bonds. The first-order chi connectivity index (χ1) is 10.3. The first-order valence-corrected chi connectivity index (χ1v) is 8.70. The normalized spacial score (nSPS) is 37.5. The molecule has 1 saturated carbocycles. The predicted molar refractivity (Wildman–Crippen MR) is 89.6 cm³/mol. The van der Waals surface area contributed by atoms with Crippen LogP contribution in [-0.2, 0) is 6.42 Å². The fourth-order valence-corrected chi connectivity index (χ4v) is 5.35. The predicted octanol–water partition coefficient (Wildman–Crippen LogP) is 5.13. The van der Waals surface area contributed by atoms with Gasteiger partial charge in [-0.1, -0.05) is 33.3 Å². The molecule has 1 N–H and O–H groups in total. The van der Waals surface area contributed by atoms with Crippen molar-refractivity contribution < 1.29 is 9.52 Å². The van der Waals surface area contributed by atoms with Gasteiger partial charge in [0, 0.05) is 5.41 Å². The summed E-state index contributed by atoms with van der Waals surface area (Å²) in [5.41, 5.74) is 1.96. The Kier molecular flexibility index (Phi) is 3.79.